The van der Waals surface area contributed by atoms with E-state index in [1.807, 2.05) is 0 Å². The molecule has 92 valence electrons. The van der Waals surface area contributed by atoms with Gasteiger partial charge in [0.1, 0.15) is 12.2 Å². The van der Waals surface area contributed by atoms with Crippen molar-refractivity contribution in [2.75, 3.05) is 7.11 Å². The van der Waals surface area contributed by atoms with E-state index in [1.165, 1.54) is 25.3 Å². The van der Waals surface area contributed by atoms with Gasteiger partial charge in [-0.2, -0.15) is 0 Å². The highest BCUT2D eigenvalue weighted by Gasteiger charge is 2.26. The summed E-state index contributed by atoms with van der Waals surface area (Å²) in [6.07, 6.45) is 2.78. The Balaban J connectivity index is 2.85. The zero-order valence-electron chi connectivity index (χ0n) is 9.12. The van der Waals surface area contributed by atoms with Gasteiger partial charge < -0.3 is 19.7 Å². The van der Waals surface area contributed by atoms with Crippen molar-refractivity contribution in [3.05, 3.63) is 36.1 Å². The van der Waals surface area contributed by atoms with E-state index in [-0.39, 0.29) is 5.57 Å². The zero-order valence-corrected chi connectivity index (χ0v) is 9.12. The normalized spacial score (nSPS) is 22.8. The van der Waals surface area contributed by atoms with Gasteiger partial charge in [0.05, 0.1) is 5.57 Å². The van der Waals surface area contributed by atoms with Gasteiger partial charge in [-0.1, -0.05) is 6.08 Å². The summed E-state index contributed by atoms with van der Waals surface area (Å²) in [5.74, 6) is -2.89. The molecule has 0 aromatic rings. The van der Waals surface area contributed by atoms with Crippen LogP contribution in [0, 0.1) is 0 Å². The number of carbonyl (C=O) groups is 2. The minimum absolute atomic E-state index is 0.0153. The van der Waals surface area contributed by atoms with Crippen LogP contribution in [-0.4, -0.2) is 41.5 Å². The minimum Gasteiger partial charge on any atom is -0.478 e. The summed E-state index contributed by atoms with van der Waals surface area (Å²) in [6.45, 7) is 3.21. The van der Waals surface area contributed by atoms with Crippen LogP contribution in [0.5, 0.6) is 0 Å². The molecule has 0 unspecified atom stereocenters. The van der Waals surface area contributed by atoms with Crippen LogP contribution in [0.2, 0.25) is 0 Å². The molecule has 6 nitrogen and oxygen atoms in total. The Morgan fingerprint density at radius 1 is 1.35 bits per heavy atom. The van der Waals surface area contributed by atoms with Crippen molar-refractivity contribution in [1.82, 2.24) is 0 Å². The molecule has 1 rings (SSSR count). The monoisotopic (exact) mass is 240 g/mol. The van der Waals surface area contributed by atoms with Crippen LogP contribution >= 0.6 is 0 Å². The second-order valence-electron chi connectivity index (χ2n) is 3.30. The SMILES string of the molecule is C=C(O[C@@H]1C=C(C(=O)O)C=C[C@H]1OC)C(=O)O. The minimum atomic E-state index is -1.31. The largest absolute Gasteiger partial charge is 0.478 e. The fourth-order valence-corrected chi connectivity index (χ4v) is 1.31. The lowest BCUT2D eigenvalue weighted by Crippen LogP contribution is -2.31. The average Bonchev–Trinajstić information content (AvgIpc) is 2.28. The lowest BCUT2D eigenvalue weighted by atomic mass is 10.0. The quantitative estimate of drug-likeness (QED) is 0.539. The molecule has 0 spiro atoms. The van der Waals surface area contributed by atoms with E-state index in [0.717, 1.165) is 0 Å². The first-order valence-electron chi connectivity index (χ1n) is 4.70. The van der Waals surface area contributed by atoms with Crippen molar-refractivity contribution >= 4 is 11.9 Å². The maximum absolute atomic E-state index is 10.8. The van der Waals surface area contributed by atoms with Gasteiger partial charge in [-0.25, -0.2) is 9.59 Å². The molecular formula is C11H12O6. The second-order valence-corrected chi connectivity index (χ2v) is 3.30. The summed E-state index contributed by atoms with van der Waals surface area (Å²) in [6, 6.07) is 0. The smallest absolute Gasteiger partial charge is 0.370 e. The van der Waals surface area contributed by atoms with E-state index in [1.54, 1.807) is 0 Å². The Bertz CT molecular complexity index is 406. The fourth-order valence-electron chi connectivity index (χ4n) is 1.31. The third-order valence-corrected chi connectivity index (χ3v) is 2.17. The number of hydrogen-bond acceptors (Lipinski definition) is 4. The maximum Gasteiger partial charge on any atom is 0.370 e. The molecule has 2 N–H and O–H groups in total. The molecule has 2 atom stereocenters. The molecule has 0 fully saturated rings. The van der Waals surface area contributed by atoms with Gasteiger partial charge in [0, 0.05) is 7.11 Å². The Kier molecular flexibility index (Phi) is 4.06. The Morgan fingerprint density at radius 3 is 2.47 bits per heavy atom. The van der Waals surface area contributed by atoms with E-state index in [4.69, 9.17) is 19.7 Å². The molecule has 0 aromatic carbocycles. The third kappa shape index (κ3) is 3.18. The van der Waals surface area contributed by atoms with Gasteiger partial charge in [-0.15, -0.1) is 0 Å². The highest BCUT2D eigenvalue weighted by atomic mass is 16.5. The van der Waals surface area contributed by atoms with Gasteiger partial charge in [-0.3, -0.25) is 0 Å². The predicted molar refractivity (Wildman–Crippen MR) is 57.3 cm³/mol. The summed E-state index contributed by atoms with van der Waals surface area (Å²) in [5.41, 5.74) is 0.0153. The van der Waals surface area contributed by atoms with E-state index in [2.05, 4.69) is 6.58 Å². The summed E-state index contributed by atoms with van der Waals surface area (Å²) >= 11 is 0. The van der Waals surface area contributed by atoms with Crippen LogP contribution in [0.4, 0.5) is 0 Å². The average molecular weight is 240 g/mol. The van der Waals surface area contributed by atoms with Crippen LogP contribution in [0.1, 0.15) is 0 Å². The van der Waals surface area contributed by atoms with E-state index in [0.29, 0.717) is 0 Å². The summed E-state index contributed by atoms with van der Waals surface area (Å²) < 4.78 is 10.1. The second kappa shape index (κ2) is 5.31. The van der Waals surface area contributed by atoms with E-state index >= 15 is 0 Å². The Labute approximate surface area is 97.5 Å². The summed E-state index contributed by atoms with van der Waals surface area (Å²) in [5, 5.41) is 17.4. The summed E-state index contributed by atoms with van der Waals surface area (Å²) in [7, 11) is 1.41. The first-order valence-corrected chi connectivity index (χ1v) is 4.70. The van der Waals surface area contributed by atoms with Crippen molar-refractivity contribution < 1.29 is 29.3 Å². The first kappa shape index (κ1) is 13.0. The Hall–Kier alpha value is -2.08. The van der Waals surface area contributed by atoms with Crippen molar-refractivity contribution in [1.29, 1.82) is 0 Å². The highest BCUT2D eigenvalue weighted by Crippen LogP contribution is 2.19. The van der Waals surface area contributed by atoms with E-state index < -0.39 is 29.9 Å². The van der Waals surface area contributed by atoms with Crippen LogP contribution in [-0.2, 0) is 19.1 Å². The molecule has 0 bridgehead atoms. The van der Waals surface area contributed by atoms with Gasteiger partial charge in [0.2, 0.25) is 0 Å². The number of ether oxygens (including phenoxy) is 2. The number of methoxy groups -OCH3 is 1. The molecular weight excluding hydrogens is 228 g/mol. The molecule has 17 heavy (non-hydrogen) atoms. The van der Waals surface area contributed by atoms with Crippen molar-refractivity contribution in [3.63, 3.8) is 0 Å². The molecule has 0 heterocycles. The molecule has 1 aliphatic carbocycles. The highest BCUT2D eigenvalue weighted by molar-refractivity contribution is 5.90. The number of rotatable bonds is 5. The molecule has 0 saturated carbocycles. The van der Waals surface area contributed by atoms with Crippen LogP contribution in [0.25, 0.3) is 0 Å². The number of carboxylic acid groups (broad SMARTS) is 2. The topological polar surface area (TPSA) is 93.1 Å². The molecule has 1 aliphatic rings. The van der Waals surface area contributed by atoms with Crippen molar-refractivity contribution in [2.45, 2.75) is 12.2 Å². The van der Waals surface area contributed by atoms with Crippen LogP contribution in [0.3, 0.4) is 0 Å². The van der Waals surface area contributed by atoms with Gasteiger partial charge in [-0.05, 0) is 18.7 Å². The van der Waals surface area contributed by atoms with Crippen LogP contribution in [0.15, 0.2) is 36.1 Å². The fraction of sp³-hybridized carbons (Fsp3) is 0.273. The van der Waals surface area contributed by atoms with Crippen LogP contribution < -0.4 is 0 Å². The molecule has 6 heteroatoms. The lowest BCUT2D eigenvalue weighted by molar-refractivity contribution is -0.138. The lowest BCUT2D eigenvalue weighted by Gasteiger charge is -2.24. The predicted octanol–water partition coefficient (Wildman–Crippen LogP) is 0.566. The third-order valence-electron chi connectivity index (χ3n) is 2.17. The molecule has 0 aromatic heterocycles. The first-order chi connectivity index (χ1) is 7.95. The summed E-state index contributed by atoms with van der Waals surface area (Å²) in [4.78, 5) is 21.3. The van der Waals surface area contributed by atoms with E-state index in [9.17, 15) is 9.59 Å². The maximum atomic E-state index is 10.8. The number of hydrogen-bond donors (Lipinski definition) is 2. The number of aliphatic carboxylic acids is 2. The molecule has 0 saturated heterocycles. The zero-order chi connectivity index (χ0) is 13.0. The number of carboxylic acids is 2. The molecule has 0 amide bonds. The molecule has 0 aliphatic heterocycles. The van der Waals surface area contributed by atoms with Gasteiger partial charge in [0.15, 0.2) is 5.76 Å². The standard InChI is InChI=1S/C11H12O6/c1-6(10(12)13)17-9-5-7(11(14)15)3-4-8(9)16-2/h3-5,8-9H,1H2,2H3,(H,12,13)(H,14,15)/t8-,9-/m1/s1. The van der Waals surface area contributed by atoms with Gasteiger partial charge in [0.25, 0.3) is 0 Å². The van der Waals surface area contributed by atoms with Crippen molar-refractivity contribution in [2.24, 2.45) is 0 Å². The van der Waals surface area contributed by atoms with Crippen molar-refractivity contribution in [3.8, 4) is 0 Å². The Morgan fingerprint density at radius 2 is 2.00 bits per heavy atom. The van der Waals surface area contributed by atoms with Gasteiger partial charge >= 0.3 is 11.9 Å². The molecule has 0 radical (unpaired) electrons.